The first-order valence-corrected chi connectivity index (χ1v) is 12.9. The van der Waals surface area contributed by atoms with Crippen LogP contribution < -0.4 is 20.3 Å². The van der Waals surface area contributed by atoms with Gasteiger partial charge in [-0.15, -0.1) is 0 Å². The Labute approximate surface area is 209 Å². The standard InChI is InChI=1S/C26H29ClN6S/c27-20-6-11-24-23(17-20)19(18-29-24)3-2-12-30-34-22-9-7-21(8-10-22)31-25-4-1-5-26(32-25)33-15-13-28-14-16-33/h1,4-11,17-18,28-30H,2-3,12-16H2,(H,31,32). The van der Waals surface area contributed by atoms with Crippen LogP contribution in [0.15, 0.2) is 71.8 Å². The average Bonchev–Trinajstić information content (AvgIpc) is 3.27. The van der Waals surface area contributed by atoms with E-state index in [9.17, 15) is 0 Å². The van der Waals surface area contributed by atoms with Crippen LogP contribution in [0.2, 0.25) is 5.02 Å². The van der Waals surface area contributed by atoms with Gasteiger partial charge < -0.3 is 20.5 Å². The number of benzene rings is 2. The second-order valence-corrected chi connectivity index (χ2v) is 9.77. The highest BCUT2D eigenvalue weighted by atomic mass is 35.5. The van der Waals surface area contributed by atoms with Gasteiger partial charge in [-0.3, -0.25) is 4.72 Å². The number of aryl methyl sites for hydroxylation is 1. The van der Waals surface area contributed by atoms with Gasteiger partial charge in [-0.1, -0.05) is 17.7 Å². The lowest BCUT2D eigenvalue weighted by atomic mass is 10.1. The monoisotopic (exact) mass is 492 g/mol. The molecule has 34 heavy (non-hydrogen) atoms. The molecule has 1 saturated heterocycles. The maximum Gasteiger partial charge on any atom is 0.132 e. The minimum absolute atomic E-state index is 0.781. The summed E-state index contributed by atoms with van der Waals surface area (Å²) in [5, 5.41) is 8.81. The van der Waals surface area contributed by atoms with Crippen LogP contribution in [0, 0.1) is 0 Å². The Bertz CT molecular complexity index is 1220. The number of pyridine rings is 1. The lowest BCUT2D eigenvalue weighted by molar-refractivity contribution is 0.585. The second-order valence-electron chi connectivity index (χ2n) is 8.37. The number of hydrogen-bond acceptors (Lipinski definition) is 6. The van der Waals surface area contributed by atoms with E-state index in [2.05, 4.69) is 67.8 Å². The van der Waals surface area contributed by atoms with Crippen LogP contribution in [0.1, 0.15) is 12.0 Å². The molecule has 6 nitrogen and oxygen atoms in total. The number of nitrogens with zero attached hydrogens (tertiary/aromatic N) is 2. The van der Waals surface area contributed by atoms with E-state index in [-0.39, 0.29) is 0 Å². The zero-order valence-electron chi connectivity index (χ0n) is 19.0. The van der Waals surface area contributed by atoms with Crippen molar-refractivity contribution in [2.45, 2.75) is 17.7 Å². The molecular formula is C26H29ClN6S. The molecule has 8 heteroatoms. The van der Waals surface area contributed by atoms with Gasteiger partial charge in [0.15, 0.2) is 0 Å². The topological polar surface area (TPSA) is 68.0 Å². The molecule has 0 atom stereocenters. The number of halogens is 1. The van der Waals surface area contributed by atoms with Crippen molar-refractivity contribution >= 4 is 51.8 Å². The van der Waals surface area contributed by atoms with Gasteiger partial charge in [0.2, 0.25) is 0 Å². The summed E-state index contributed by atoms with van der Waals surface area (Å²) in [6.45, 7) is 4.92. The van der Waals surface area contributed by atoms with Gasteiger partial charge in [0.1, 0.15) is 11.6 Å². The highest BCUT2D eigenvalue weighted by molar-refractivity contribution is 7.97. The molecule has 2 aromatic heterocycles. The summed E-state index contributed by atoms with van der Waals surface area (Å²) in [6.07, 6.45) is 4.16. The normalized spacial score (nSPS) is 14.0. The molecular weight excluding hydrogens is 464 g/mol. The predicted octanol–water partition coefficient (Wildman–Crippen LogP) is 5.60. The Kier molecular flexibility index (Phi) is 7.56. The highest BCUT2D eigenvalue weighted by Crippen LogP contribution is 2.24. The number of piperazine rings is 1. The number of hydrogen-bond donors (Lipinski definition) is 4. The third-order valence-corrected chi connectivity index (χ3v) is 7.04. The van der Waals surface area contributed by atoms with E-state index in [1.54, 1.807) is 11.9 Å². The van der Waals surface area contributed by atoms with E-state index in [1.807, 2.05) is 24.3 Å². The van der Waals surface area contributed by atoms with Crippen LogP contribution in [0.25, 0.3) is 10.9 Å². The molecule has 3 heterocycles. The van der Waals surface area contributed by atoms with Gasteiger partial charge in [0.25, 0.3) is 0 Å². The van der Waals surface area contributed by atoms with Gasteiger partial charge in [-0.25, -0.2) is 4.98 Å². The molecule has 1 aliphatic rings. The first-order chi connectivity index (χ1) is 16.7. The van der Waals surface area contributed by atoms with Crippen molar-refractivity contribution < 1.29 is 0 Å². The Balaban J connectivity index is 1.08. The maximum absolute atomic E-state index is 6.15. The van der Waals surface area contributed by atoms with E-state index >= 15 is 0 Å². The molecule has 2 aromatic carbocycles. The number of aromatic amines is 1. The van der Waals surface area contributed by atoms with Gasteiger partial charge in [0, 0.05) is 65.4 Å². The van der Waals surface area contributed by atoms with E-state index in [4.69, 9.17) is 16.6 Å². The molecule has 5 rings (SSSR count). The number of anilines is 3. The molecule has 0 spiro atoms. The molecule has 0 radical (unpaired) electrons. The smallest absolute Gasteiger partial charge is 0.132 e. The van der Waals surface area contributed by atoms with Crippen molar-refractivity contribution in [1.29, 1.82) is 0 Å². The molecule has 4 N–H and O–H groups in total. The van der Waals surface area contributed by atoms with Gasteiger partial charge in [-0.2, -0.15) is 0 Å². The molecule has 0 amide bonds. The summed E-state index contributed by atoms with van der Waals surface area (Å²) in [4.78, 5) is 11.6. The molecule has 176 valence electrons. The summed E-state index contributed by atoms with van der Waals surface area (Å²) in [6, 6.07) is 20.6. The number of nitrogens with one attached hydrogen (secondary N) is 4. The highest BCUT2D eigenvalue weighted by Gasteiger charge is 2.12. The molecule has 4 aromatic rings. The second kappa shape index (κ2) is 11.1. The molecule has 1 fully saturated rings. The van der Waals surface area contributed by atoms with E-state index in [0.29, 0.717) is 0 Å². The first kappa shape index (κ1) is 23.1. The minimum Gasteiger partial charge on any atom is -0.361 e. The fourth-order valence-electron chi connectivity index (χ4n) is 4.16. The van der Waals surface area contributed by atoms with Gasteiger partial charge >= 0.3 is 0 Å². The molecule has 0 bridgehead atoms. The van der Waals surface area contributed by atoms with Gasteiger partial charge in [0.05, 0.1) is 0 Å². The number of rotatable bonds is 9. The van der Waals surface area contributed by atoms with Crippen molar-refractivity contribution in [3.05, 3.63) is 77.4 Å². The maximum atomic E-state index is 6.15. The van der Waals surface area contributed by atoms with Crippen molar-refractivity contribution in [2.24, 2.45) is 0 Å². The van der Waals surface area contributed by atoms with Crippen molar-refractivity contribution in [3.63, 3.8) is 0 Å². The number of fused-ring (bicyclic) bond motifs is 1. The van der Waals surface area contributed by atoms with Crippen LogP contribution >= 0.6 is 23.5 Å². The Morgan fingerprint density at radius 3 is 2.74 bits per heavy atom. The Morgan fingerprint density at radius 2 is 1.88 bits per heavy atom. The average molecular weight is 493 g/mol. The first-order valence-electron chi connectivity index (χ1n) is 11.7. The zero-order valence-corrected chi connectivity index (χ0v) is 20.6. The van der Waals surface area contributed by atoms with Crippen LogP contribution in [-0.2, 0) is 6.42 Å². The third-order valence-electron chi connectivity index (χ3n) is 5.95. The summed E-state index contributed by atoms with van der Waals surface area (Å²) in [5.74, 6) is 1.90. The lowest BCUT2D eigenvalue weighted by Crippen LogP contribution is -2.43. The van der Waals surface area contributed by atoms with Crippen LogP contribution in [-0.4, -0.2) is 42.7 Å². The van der Waals surface area contributed by atoms with E-state index in [1.165, 1.54) is 15.8 Å². The molecule has 1 aliphatic heterocycles. The van der Waals surface area contributed by atoms with E-state index in [0.717, 1.165) is 73.4 Å². The minimum atomic E-state index is 0.781. The van der Waals surface area contributed by atoms with Gasteiger partial charge in [-0.05, 0) is 85.0 Å². The largest absolute Gasteiger partial charge is 0.361 e. The van der Waals surface area contributed by atoms with Crippen LogP contribution in [0.4, 0.5) is 17.3 Å². The summed E-state index contributed by atoms with van der Waals surface area (Å²) in [5.41, 5.74) is 3.49. The van der Waals surface area contributed by atoms with E-state index < -0.39 is 0 Å². The lowest BCUT2D eigenvalue weighted by Gasteiger charge is -2.28. The van der Waals surface area contributed by atoms with Crippen LogP contribution in [0.5, 0.6) is 0 Å². The number of H-pyrrole nitrogens is 1. The third kappa shape index (κ3) is 5.85. The Morgan fingerprint density at radius 1 is 1.03 bits per heavy atom. The van der Waals surface area contributed by atoms with Crippen molar-refractivity contribution in [3.8, 4) is 0 Å². The van der Waals surface area contributed by atoms with Crippen LogP contribution in [0.3, 0.4) is 0 Å². The predicted molar refractivity (Wildman–Crippen MR) is 145 cm³/mol. The van der Waals surface area contributed by atoms with Crippen molar-refractivity contribution in [2.75, 3.05) is 42.9 Å². The fraction of sp³-hybridized carbons (Fsp3) is 0.269. The molecule has 0 aliphatic carbocycles. The van der Waals surface area contributed by atoms with Crippen molar-refractivity contribution in [1.82, 2.24) is 20.0 Å². The SMILES string of the molecule is Clc1ccc2[nH]cc(CCCNSc3ccc(Nc4cccc(N5CCNCC5)n4)cc3)c2c1. The zero-order chi connectivity index (χ0) is 23.2. The Hall–Kier alpha value is -2.71. The quantitative estimate of drug-likeness (QED) is 0.180. The summed E-state index contributed by atoms with van der Waals surface area (Å²) >= 11 is 7.82. The fourth-order valence-corrected chi connectivity index (χ4v) is 5.02. The number of aromatic nitrogens is 2. The molecule has 0 saturated carbocycles. The summed E-state index contributed by atoms with van der Waals surface area (Å²) < 4.78 is 3.47. The summed E-state index contributed by atoms with van der Waals surface area (Å²) in [7, 11) is 0. The molecule has 0 unspecified atom stereocenters.